The van der Waals surface area contributed by atoms with Crippen molar-refractivity contribution in [2.45, 2.75) is 40.2 Å². The highest BCUT2D eigenvalue weighted by Crippen LogP contribution is 2.41. The molecule has 5 nitrogen and oxygen atoms in total. The van der Waals surface area contributed by atoms with Crippen molar-refractivity contribution in [2.75, 3.05) is 16.3 Å². The van der Waals surface area contributed by atoms with E-state index in [0.29, 0.717) is 29.1 Å². The minimum Gasteiger partial charge on any atom is -0.491 e. The van der Waals surface area contributed by atoms with Crippen molar-refractivity contribution in [3.63, 3.8) is 0 Å². The molecule has 5 heteroatoms. The first kappa shape index (κ1) is 22.0. The van der Waals surface area contributed by atoms with Gasteiger partial charge in [-0.1, -0.05) is 42.5 Å². The van der Waals surface area contributed by atoms with E-state index in [0.717, 1.165) is 29.0 Å². The number of carbonyl (C=O) groups excluding carboxylic acids is 2. The Morgan fingerprint density at radius 1 is 0.824 bits per heavy atom. The highest BCUT2D eigenvalue weighted by atomic mass is 16.5. The van der Waals surface area contributed by atoms with Crippen molar-refractivity contribution in [1.29, 1.82) is 0 Å². The Morgan fingerprint density at radius 3 is 2.26 bits per heavy atom. The number of carbonyl (C=O) groups is 2. The first-order valence-electron chi connectivity index (χ1n) is 11.7. The van der Waals surface area contributed by atoms with Crippen LogP contribution in [0, 0.1) is 13.8 Å². The van der Waals surface area contributed by atoms with Crippen LogP contribution >= 0.6 is 0 Å². The molecule has 2 aliphatic rings. The first-order valence-corrected chi connectivity index (χ1v) is 11.7. The fourth-order valence-electron chi connectivity index (χ4n) is 4.77. The maximum absolute atomic E-state index is 14.0. The largest absolute Gasteiger partial charge is 0.491 e. The number of aryl methyl sites for hydroxylation is 1. The smallest absolute Gasteiger partial charge is 0.282 e. The van der Waals surface area contributed by atoms with E-state index in [1.165, 1.54) is 10.5 Å². The molecule has 0 fully saturated rings. The summed E-state index contributed by atoms with van der Waals surface area (Å²) in [6, 6.07) is 21.3. The third kappa shape index (κ3) is 3.58. The molecule has 0 atom stereocenters. The number of hydrogen-bond acceptors (Lipinski definition) is 4. The molecule has 0 unspecified atom stereocenters. The quantitative estimate of drug-likeness (QED) is 0.484. The molecule has 0 bridgehead atoms. The monoisotopic (exact) mass is 452 g/mol. The molecule has 0 spiro atoms. The molecule has 0 aromatic heterocycles. The van der Waals surface area contributed by atoms with E-state index in [9.17, 15) is 9.59 Å². The van der Waals surface area contributed by atoms with E-state index in [2.05, 4.69) is 6.07 Å². The maximum Gasteiger partial charge on any atom is 0.282 e. The first-order chi connectivity index (χ1) is 16.4. The fourth-order valence-corrected chi connectivity index (χ4v) is 4.77. The third-order valence-electron chi connectivity index (χ3n) is 6.55. The second-order valence-electron chi connectivity index (χ2n) is 9.11. The lowest BCUT2D eigenvalue weighted by Gasteiger charge is -2.22. The summed E-state index contributed by atoms with van der Waals surface area (Å²) in [6.07, 6.45) is 0.884. The molecule has 0 saturated heterocycles. The van der Waals surface area contributed by atoms with Gasteiger partial charge in [-0.15, -0.1) is 0 Å². The molecule has 34 heavy (non-hydrogen) atoms. The Hall–Kier alpha value is -3.86. The standard InChI is InChI=1S/C29H28N2O3/c1-18(2)34-23-14-12-22(13-15-23)26-27(30-17-16-21-9-5-6-10-25(21)30)29(33)31(28(26)32)24-11-7-8-19(3)20(24)4/h5-15,18H,16-17H2,1-4H3. The van der Waals surface area contributed by atoms with Crippen LogP contribution < -0.4 is 14.5 Å². The Kier molecular flexibility index (Phi) is 5.48. The van der Waals surface area contributed by atoms with E-state index in [-0.39, 0.29) is 17.9 Å². The minimum absolute atomic E-state index is 0.0520. The zero-order valence-electron chi connectivity index (χ0n) is 20.0. The van der Waals surface area contributed by atoms with E-state index in [1.807, 2.05) is 93.3 Å². The van der Waals surface area contributed by atoms with Crippen molar-refractivity contribution >= 4 is 28.8 Å². The van der Waals surface area contributed by atoms with Crippen LogP contribution in [0.1, 0.15) is 36.1 Å². The van der Waals surface area contributed by atoms with Crippen molar-refractivity contribution in [1.82, 2.24) is 0 Å². The second kappa shape index (κ2) is 8.49. The van der Waals surface area contributed by atoms with Gasteiger partial charge in [0, 0.05) is 12.2 Å². The van der Waals surface area contributed by atoms with Gasteiger partial charge in [-0.3, -0.25) is 9.59 Å². The zero-order valence-corrected chi connectivity index (χ0v) is 20.0. The highest BCUT2D eigenvalue weighted by molar-refractivity contribution is 6.46. The van der Waals surface area contributed by atoms with E-state index in [1.54, 1.807) is 0 Å². The Morgan fingerprint density at radius 2 is 1.53 bits per heavy atom. The van der Waals surface area contributed by atoms with Crippen molar-refractivity contribution in [2.24, 2.45) is 0 Å². The van der Waals surface area contributed by atoms with Gasteiger partial charge in [0.25, 0.3) is 11.8 Å². The molecule has 0 aliphatic carbocycles. The number of anilines is 2. The van der Waals surface area contributed by atoms with Crippen LogP contribution in [-0.4, -0.2) is 24.5 Å². The van der Waals surface area contributed by atoms with Gasteiger partial charge in [-0.2, -0.15) is 0 Å². The molecular formula is C29H28N2O3. The molecule has 0 saturated carbocycles. The summed E-state index contributed by atoms with van der Waals surface area (Å²) >= 11 is 0. The summed E-state index contributed by atoms with van der Waals surface area (Å²) in [7, 11) is 0. The average Bonchev–Trinajstić information content (AvgIpc) is 3.34. The predicted octanol–water partition coefficient (Wildman–Crippen LogP) is 5.44. The molecule has 172 valence electrons. The summed E-state index contributed by atoms with van der Waals surface area (Å²) in [4.78, 5) is 31.2. The summed E-state index contributed by atoms with van der Waals surface area (Å²) in [5, 5.41) is 0. The molecule has 3 aromatic rings. The minimum atomic E-state index is -0.296. The number of ether oxygens (including phenoxy) is 1. The molecule has 0 radical (unpaired) electrons. The third-order valence-corrected chi connectivity index (χ3v) is 6.55. The van der Waals surface area contributed by atoms with Gasteiger partial charge in [-0.05, 0) is 80.6 Å². The van der Waals surface area contributed by atoms with Crippen LogP contribution in [0.2, 0.25) is 0 Å². The molecule has 2 aliphatic heterocycles. The summed E-state index contributed by atoms with van der Waals surface area (Å²) < 4.78 is 5.78. The van der Waals surface area contributed by atoms with Crippen LogP contribution in [0.5, 0.6) is 5.75 Å². The number of fused-ring (bicyclic) bond motifs is 1. The maximum atomic E-state index is 14.0. The number of hydrogen-bond donors (Lipinski definition) is 0. The van der Waals surface area contributed by atoms with Gasteiger partial charge < -0.3 is 9.64 Å². The number of para-hydroxylation sites is 1. The SMILES string of the molecule is Cc1cccc(N2C(=O)C(c3ccc(OC(C)C)cc3)=C(N3CCc4ccccc43)C2=O)c1C. The molecule has 0 N–H and O–H groups in total. The molecule has 3 aromatic carbocycles. The van der Waals surface area contributed by atoms with Crippen molar-refractivity contribution < 1.29 is 14.3 Å². The predicted molar refractivity (Wildman–Crippen MR) is 135 cm³/mol. The number of benzene rings is 3. The van der Waals surface area contributed by atoms with Gasteiger partial charge in [0.1, 0.15) is 11.4 Å². The van der Waals surface area contributed by atoms with Crippen molar-refractivity contribution in [3.8, 4) is 5.75 Å². The van der Waals surface area contributed by atoms with Gasteiger partial charge in [0.2, 0.25) is 0 Å². The van der Waals surface area contributed by atoms with Crippen LogP contribution in [0.3, 0.4) is 0 Å². The summed E-state index contributed by atoms with van der Waals surface area (Å²) in [5.74, 6) is 0.152. The Bertz CT molecular complexity index is 1320. The van der Waals surface area contributed by atoms with Crippen LogP contribution in [0.15, 0.2) is 72.4 Å². The Balaban J connectivity index is 1.65. The lowest BCUT2D eigenvalue weighted by atomic mass is 10.0. The van der Waals surface area contributed by atoms with E-state index < -0.39 is 0 Å². The number of nitrogens with zero attached hydrogens (tertiary/aromatic N) is 2. The number of imide groups is 1. The highest BCUT2D eigenvalue weighted by Gasteiger charge is 2.44. The van der Waals surface area contributed by atoms with Gasteiger partial charge in [-0.25, -0.2) is 4.90 Å². The molecule has 2 heterocycles. The summed E-state index contributed by atoms with van der Waals surface area (Å²) in [6.45, 7) is 8.54. The number of amides is 2. The fraction of sp³-hybridized carbons (Fsp3) is 0.241. The lowest BCUT2D eigenvalue weighted by Crippen LogP contribution is -2.35. The van der Waals surface area contributed by atoms with Gasteiger partial charge in [0.15, 0.2) is 0 Å². The summed E-state index contributed by atoms with van der Waals surface area (Å²) in [5.41, 5.74) is 6.34. The van der Waals surface area contributed by atoms with Gasteiger partial charge >= 0.3 is 0 Å². The van der Waals surface area contributed by atoms with Crippen LogP contribution in [-0.2, 0) is 16.0 Å². The molecular weight excluding hydrogens is 424 g/mol. The van der Waals surface area contributed by atoms with Gasteiger partial charge in [0.05, 0.1) is 17.4 Å². The Labute approximate surface area is 200 Å². The normalized spacial score (nSPS) is 15.6. The van der Waals surface area contributed by atoms with Crippen molar-refractivity contribution in [3.05, 3.63) is 94.7 Å². The second-order valence-corrected chi connectivity index (χ2v) is 9.11. The zero-order chi connectivity index (χ0) is 24.0. The van der Waals surface area contributed by atoms with Crippen LogP contribution in [0.4, 0.5) is 11.4 Å². The van der Waals surface area contributed by atoms with Crippen LogP contribution in [0.25, 0.3) is 5.57 Å². The van der Waals surface area contributed by atoms with E-state index >= 15 is 0 Å². The average molecular weight is 453 g/mol. The lowest BCUT2D eigenvalue weighted by molar-refractivity contribution is -0.120. The topological polar surface area (TPSA) is 49.9 Å². The number of rotatable bonds is 5. The van der Waals surface area contributed by atoms with E-state index in [4.69, 9.17) is 4.74 Å². The molecule has 5 rings (SSSR count). The molecule has 2 amide bonds.